The fraction of sp³-hybridized carbons (Fsp3) is 0.400. The Labute approximate surface area is 182 Å². The first kappa shape index (κ1) is 22.0. The second kappa shape index (κ2) is 10.9. The number of ether oxygens (including phenoxy) is 2. The topological polar surface area (TPSA) is 93.2 Å². The van der Waals surface area contributed by atoms with E-state index in [0.29, 0.717) is 26.2 Å². The molecule has 2 aromatic rings. The minimum absolute atomic E-state index is 0.151. The van der Waals surface area contributed by atoms with Gasteiger partial charge in [-0.2, -0.15) is 0 Å². The lowest BCUT2D eigenvalue weighted by Gasteiger charge is -2.34. The summed E-state index contributed by atoms with van der Waals surface area (Å²) < 4.78 is 10.1. The zero-order valence-corrected chi connectivity index (χ0v) is 17.9. The molecule has 0 atom stereocenters. The molecule has 160 valence electrons. The predicted octanol–water partition coefficient (Wildman–Crippen LogP) is 1.35. The fourth-order valence-electron chi connectivity index (χ4n) is 2.89. The van der Waals surface area contributed by atoms with E-state index in [1.165, 1.54) is 22.7 Å². The lowest BCUT2D eigenvalue weighted by atomic mass is 10.3. The van der Waals surface area contributed by atoms with Gasteiger partial charge >= 0.3 is 11.9 Å². The summed E-state index contributed by atoms with van der Waals surface area (Å²) >= 11 is 2.92. The summed E-state index contributed by atoms with van der Waals surface area (Å²) in [4.78, 5) is 52.9. The Kier molecular flexibility index (Phi) is 7.97. The predicted molar refractivity (Wildman–Crippen MR) is 111 cm³/mol. The third-order valence-electron chi connectivity index (χ3n) is 4.50. The van der Waals surface area contributed by atoms with E-state index < -0.39 is 11.9 Å². The van der Waals surface area contributed by atoms with Gasteiger partial charge in [-0.15, -0.1) is 22.7 Å². The van der Waals surface area contributed by atoms with Crippen LogP contribution in [0.25, 0.3) is 0 Å². The van der Waals surface area contributed by atoms with E-state index in [9.17, 15) is 19.2 Å². The number of piperazine rings is 1. The normalized spacial score (nSPS) is 13.7. The first-order valence-electron chi connectivity index (χ1n) is 9.43. The van der Waals surface area contributed by atoms with Crippen molar-refractivity contribution in [1.29, 1.82) is 0 Å². The van der Waals surface area contributed by atoms with Crippen molar-refractivity contribution in [3.8, 4) is 0 Å². The molecule has 1 saturated heterocycles. The van der Waals surface area contributed by atoms with E-state index in [2.05, 4.69) is 0 Å². The molecular weight excluding hydrogens is 428 g/mol. The molecule has 0 saturated carbocycles. The van der Waals surface area contributed by atoms with E-state index in [-0.39, 0.29) is 37.9 Å². The van der Waals surface area contributed by atoms with Crippen LogP contribution >= 0.6 is 22.7 Å². The Morgan fingerprint density at radius 2 is 1.13 bits per heavy atom. The number of nitrogens with zero attached hydrogens (tertiary/aromatic N) is 2. The van der Waals surface area contributed by atoms with Crippen molar-refractivity contribution < 1.29 is 28.7 Å². The number of carbonyl (C=O) groups excluding carboxylic acids is 4. The number of amides is 2. The number of hydrogen-bond acceptors (Lipinski definition) is 8. The summed E-state index contributed by atoms with van der Waals surface area (Å²) in [5.74, 6) is -1.46. The van der Waals surface area contributed by atoms with Crippen LogP contribution in [-0.4, -0.2) is 72.9 Å². The Balaban J connectivity index is 1.32. The number of rotatable bonds is 8. The fourth-order valence-corrected chi connectivity index (χ4v) is 4.27. The lowest BCUT2D eigenvalue weighted by Crippen LogP contribution is -2.52. The van der Waals surface area contributed by atoms with Gasteiger partial charge in [-0.05, 0) is 22.9 Å². The zero-order valence-electron chi connectivity index (χ0n) is 16.3. The molecule has 0 aromatic carbocycles. The summed E-state index contributed by atoms with van der Waals surface area (Å²) in [5.41, 5.74) is 0. The van der Waals surface area contributed by atoms with Crippen molar-refractivity contribution in [2.75, 3.05) is 39.4 Å². The number of thiophene rings is 2. The molecular formula is C20H22N2O6S2. The highest BCUT2D eigenvalue weighted by Crippen LogP contribution is 2.11. The first-order chi connectivity index (χ1) is 14.5. The van der Waals surface area contributed by atoms with Crippen LogP contribution in [0.5, 0.6) is 0 Å². The van der Waals surface area contributed by atoms with Crippen molar-refractivity contribution >= 4 is 46.4 Å². The van der Waals surface area contributed by atoms with Crippen molar-refractivity contribution in [1.82, 2.24) is 9.80 Å². The molecule has 30 heavy (non-hydrogen) atoms. The molecule has 0 radical (unpaired) electrons. The van der Waals surface area contributed by atoms with Gasteiger partial charge in [0, 0.05) is 35.9 Å². The highest BCUT2D eigenvalue weighted by atomic mass is 32.1. The molecule has 2 amide bonds. The molecule has 8 nitrogen and oxygen atoms in total. The second-order valence-electron chi connectivity index (χ2n) is 6.60. The van der Waals surface area contributed by atoms with Gasteiger partial charge in [-0.1, -0.05) is 12.1 Å². The van der Waals surface area contributed by atoms with Crippen LogP contribution in [0.15, 0.2) is 35.0 Å². The molecule has 1 fully saturated rings. The van der Waals surface area contributed by atoms with E-state index in [0.717, 1.165) is 9.75 Å². The molecule has 10 heteroatoms. The molecule has 3 rings (SSSR count). The summed E-state index contributed by atoms with van der Waals surface area (Å²) in [6, 6.07) is 7.38. The number of carbonyl (C=O) groups is 4. The third kappa shape index (κ3) is 6.67. The summed E-state index contributed by atoms with van der Waals surface area (Å²) in [7, 11) is 0. The molecule has 0 spiro atoms. The minimum atomic E-state index is -0.441. The molecule has 0 unspecified atom stereocenters. The molecule has 2 aromatic heterocycles. The van der Waals surface area contributed by atoms with Gasteiger partial charge in [0.1, 0.15) is 0 Å². The van der Waals surface area contributed by atoms with Gasteiger partial charge in [0.25, 0.3) is 11.8 Å². The average molecular weight is 451 g/mol. The van der Waals surface area contributed by atoms with Crippen LogP contribution < -0.4 is 0 Å². The van der Waals surface area contributed by atoms with Crippen molar-refractivity contribution in [3.63, 3.8) is 0 Å². The smallest absolute Gasteiger partial charge is 0.311 e. The molecule has 1 aliphatic heterocycles. The Morgan fingerprint density at radius 3 is 1.47 bits per heavy atom. The quantitative estimate of drug-likeness (QED) is 0.564. The van der Waals surface area contributed by atoms with Gasteiger partial charge in [0.05, 0.1) is 12.8 Å². The van der Waals surface area contributed by atoms with E-state index >= 15 is 0 Å². The van der Waals surface area contributed by atoms with E-state index in [1.54, 1.807) is 9.80 Å². The lowest BCUT2D eigenvalue weighted by molar-refractivity contribution is -0.155. The van der Waals surface area contributed by atoms with Gasteiger partial charge in [-0.3, -0.25) is 19.2 Å². The Hall–Kier alpha value is -2.72. The van der Waals surface area contributed by atoms with Gasteiger partial charge in [0.2, 0.25) is 0 Å². The SMILES string of the molecule is O=C(Cc1cccs1)OCC(=O)N1CCN(C(=O)COC(=O)Cc2cccs2)CC1. The monoisotopic (exact) mass is 450 g/mol. The third-order valence-corrected chi connectivity index (χ3v) is 6.25. The Morgan fingerprint density at radius 1 is 0.733 bits per heavy atom. The van der Waals surface area contributed by atoms with Gasteiger partial charge < -0.3 is 19.3 Å². The largest absolute Gasteiger partial charge is 0.455 e. The van der Waals surface area contributed by atoms with Crippen LogP contribution in [0.3, 0.4) is 0 Å². The average Bonchev–Trinajstić information content (AvgIpc) is 3.44. The maximum absolute atomic E-state index is 12.2. The van der Waals surface area contributed by atoms with Crippen LogP contribution in [0.4, 0.5) is 0 Å². The summed E-state index contributed by atoms with van der Waals surface area (Å²) in [6.45, 7) is 0.760. The molecule has 0 N–H and O–H groups in total. The van der Waals surface area contributed by atoms with Crippen LogP contribution in [0, 0.1) is 0 Å². The first-order valence-corrected chi connectivity index (χ1v) is 11.2. The highest BCUT2D eigenvalue weighted by Gasteiger charge is 2.25. The van der Waals surface area contributed by atoms with Gasteiger partial charge in [0.15, 0.2) is 13.2 Å². The molecule has 1 aliphatic rings. The maximum atomic E-state index is 12.2. The standard InChI is InChI=1S/C20H22N2O6S2/c23-17(13-27-19(25)11-15-3-1-9-29-15)21-5-7-22(8-6-21)18(24)14-28-20(26)12-16-4-2-10-30-16/h1-4,9-10H,5-8,11-14H2. The maximum Gasteiger partial charge on any atom is 0.311 e. The zero-order chi connectivity index (χ0) is 21.3. The second-order valence-corrected chi connectivity index (χ2v) is 8.66. The Bertz CT molecular complexity index is 786. The highest BCUT2D eigenvalue weighted by molar-refractivity contribution is 7.10. The van der Waals surface area contributed by atoms with Gasteiger partial charge in [-0.25, -0.2) is 0 Å². The molecule has 0 bridgehead atoms. The van der Waals surface area contributed by atoms with E-state index in [4.69, 9.17) is 9.47 Å². The van der Waals surface area contributed by atoms with Crippen molar-refractivity contribution in [3.05, 3.63) is 44.8 Å². The van der Waals surface area contributed by atoms with Crippen molar-refractivity contribution in [2.45, 2.75) is 12.8 Å². The molecule has 3 heterocycles. The number of esters is 2. The molecule has 0 aliphatic carbocycles. The van der Waals surface area contributed by atoms with Crippen LogP contribution in [0.2, 0.25) is 0 Å². The number of hydrogen-bond donors (Lipinski definition) is 0. The summed E-state index contributed by atoms with van der Waals surface area (Å²) in [6.07, 6.45) is 0.302. The minimum Gasteiger partial charge on any atom is -0.455 e. The van der Waals surface area contributed by atoms with E-state index in [1.807, 2.05) is 35.0 Å². The van der Waals surface area contributed by atoms with Crippen molar-refractivity contribution in [2.24, 2.45) is 0 Å². The van der Waals surface area contributed by atoms with Crippen LogP contribution in [0.1, 0.15) is 9.75 Å². The summed E-state index contributed by atoms with van der Waals surface area (Å²) in [5, 5.41) is 3.75. The van der Waals surface area contributed by atoms with Crippen LogP contribution in [-0.2, 0) is 41.5 Å².